The quantitative estimate of drug-likeness (QED) is 0.376. The van der Waals surface area contributed by atoms with Crippen molar-refractivity contribution in [2.45, 2.75) is 0 Å². The molecule has 0 aliphatic heterocycles. The van der Waals surface area contributed by atoms with Crippen LogP contribution in [-0.4, -0.2) is 0 Å². The van der Waals surface area contributed by atoms with Crippen LogP contribution in [0.3, 0.4) is 0 Å². The lowest BCUT2D eigenvalue weighted by molar-refractivity contribution is 1.64. The molecule has 0 fully saturated rings. The van der Waals surface area contributed by atoms with Crippen molar-refractivity contribution in [1.29, 1.82) is 0 Å². The molecule has 0 saturated heterocycles. The smallest absolute Gasteiger partial charge is 0.0367 e. The minimum atomic E-state index is 1.05. The molecule has 0 saturated carbocycles. The molecule has 1 aromatic heterocycles. The SMILES string of the molecule is C(#Cc1ccc2c(c1)sc1ccccc12)c1ccccc1. The van der Waals surface area contributed by atoms with Gasteiger partial charge in [-0.15, -0.1) is 11.3 Å². The van der Waals surface area contributed by atoms with E-state index in [1.54, 1.807) is 0 Å². The Morgan fingerprint density at radius 1 is 0.571 bits per heavy atom. The summed E-state index contributed by atoms with van der Waals surface area (Å²) in [5.41, 5.74) is 2.12. The first-order valence-corrected chi connectivity index (χ1v) is 7.70. The Hall–Kier alpha value is -2.56. The van der Waals surface area contributed by atoms with Gasteiger partial charge in [0, 0.05) is 31.3 Å². The van der Waals surface area contributed by atoms with Crippen LogP contribution in [-0.2, 0) is 0 Å². The number of benzene rings is 3. The number of thiophene rings is 1. The van der Waals surface area contributed by atoms with E-state index in [1.807, 2.05) is 41.7 Å². The average molecular weight is 284 g/mol. The predicted octanol–water partition coefficient (Wildman–Crippen LogP) is 5.45. The number of hydrogen-bond donors (Lipinski definition) is 0. The second kappa shape index (κ2) is 5.09. The first-order valence-electron chi connectivity index (χ1n) is 6.88. The van der Waals surface area contributed by atoms with E-state index in [-0.39, 0.29) is 0 Å². The van der Waals surface area contributed by atoms with Crippen LogP contribution in [0.5, 0.6) is 0 Å². The molecule has 0 radical (unpaired) electrons. The molecule has 1 heterocycles. The highest BCUT2D eigenvalue weighted by Gasteiger charge is 2.03. The maximum atomic E-state index is 3.25. The summed E-state index contributed by atoms with van der Waals surface area (Å²) in [5.74, 6) is 6.47. The van der Waals surface area contributed by atoms with Crippen LogP contribution < -0.4 is 0 Å². The Bertz CT molecular complexity index is 982. The van der Waals surface area contributed by atoms with Crippen LogP contribution in [0.4, 0.5) is 0 Å². The van der Waals surface area contributed by atoms with E-state index in [0.29, 0.717) is 0 Å². The molecular weight excluding hydrogens is 272 g/mol. The first-order chi connectivity index (χ1) is 10.4. The lowest BCUT2D eigenvalue weighted by Gasteiger charge is -1.93. The minimum Gasteiger partial charge on any atom is -0.135 e. The molecule has 4 rings (SSSR count). The fraction of sp³-hybridized carbons (Fsp3) is 0. The van der Waals surface area contributed by atoms with Gasteiger partial charge < -0.3 is 0 Å². The third kappa shape index (κ3) is 2.31. The summed E-state index contributed by atoms with van der Waals surface area (Å²) in [6, 6.07) is 25.1. The molecule has 1 heteroatoms. The molecule has 21 heavy (non-hydrogen) atoms. The topological polar surface area (TPSA) is 0 Å². The molecule has 0 aliphatic carbocycles. The second-order valence-corrected chi connectivity index (χ2v) is 6.01. The summed E-state index contributed by atoms with van der Waals surface area (Å²) < 4.78 is 2.64. The number of hydrogen-bond acceptors (Lipinski definition) is 1. The summed E-state index contributed by atoms with van der Waals surface area (Å²) >= 11 is 1.83. The van der Waals surface area contributed by atoms with Gasteiger partial charge in [-0.25, -0.2) is 0 Å². The Kier molecular flexibility index (Phi) is 2.96. The Labute approximate surface area is 127 Å². The molecule has 0 bridgehead atoms. The first kappa shape index (κ1) is 12.2. The van der Waals surface area contributed by atoms with Crippen LogP contribution in [0.25, 0.3) is 20.2 Å². The molecule has 98 valence electrons. The zero-order valence-electron chi connectivity index (χ0n) is 11.3. The van der Waals surface area contributed by atoms with Gasteiger partial charge in [0.2, 0.25) is 0 Å². The highest BCUT2D eigenvalue weighted by atomic mass is 32.1. The molecule has 3 aromatic carbocycles. The summed E-state index contributed by atoms with van der Waals surface area (Å²) in [4.78, 5) is 0. The normalized spacial score (nSPS) is 10.5. The van der Waals surface area contributed by atoms with Crippen molar-refractivity contribution >= 4 is 31.5 Å². The van der Waals surface area contributed by atoms with Crippen molar-refractivity contribution in [3.8, 4) is 11.8 Å². The van der Waals surface area contributed by atoms with Gasteiger partial charge in [-0.05, 0) is 30.3 Å². The van der Waals surface area contributed by atoms with Gasteiger partial charge in [0.1, 0.15) is 0 Å². The summed E-state index contributed by atoms with van der Waals surface area (Å²) in [6.07, 6.45) is 0. The van der Waals surface area contributed by atoms with E-state index in [2.05, 4.69) is 54.3 Å². The molecule has 0 amide bonds. The highest BCUT2D eigenvalue weighted by Crippen LogP contribution is 2.33. The molecule has 0 aliphatic rings. The van der Waals surface area contributed by atoms with Gasteiger partial charge in [0.05, 0.1) is 0 Å². The van der Waals surface area contributed by atoms with Crippen molar-refractivity contribution in [3.63, 3.8) is 0 Å². The van der Waals surface area contributed by atoms with Crippen molar-refractivity contribution in [1.82, 2.24) is 0 Å². The molecule has 0 atom stereocenters. The lowest BCUT2D eigenvalue weighted by Crippen LogP contribution is -1.75. The van der Waals surface area contributed by atoms with E-state index < -0.39 is 0 Å². The van der Waals surface area contributed by atoms with Crippen LogP contribution in [0.1, 0.15) is 11.1 Å². The maximum absolute atomic E-state index is 3.25. The molecular formula is C20H12S. The zero-order chi connectivity index (χ0) is 14.1. The maximum Gasteiger partial charge on any atom is 0.0367 e. The minimum absolute atomic E-state index is 1.05. The molecule has 0 nitrogen and oxygen atoms in total. The number of fused-ring (bicyclic) bond motifs is 3. The van der Waals surface area contributed by atoms with Gasteiger partial charge in [0.25, 0.3) is 0 Å². The van der Waals surface area contributed by atoms with Gasteiger partial charge in [0.15, 0.2) is 0 Å². The fourth-order valence-electron chi connectivity index (χ4n) is 2.47. The van der Waals surface area contributed by atoms with E-state index >= 15 is 0 Å². The summed E-state index contributed by atoms with van der Waals surface area (Å²) in [6.45, 7) is 0. The Morgan fingerprint density at radius 2 is 1.29 bits per heavy atom. The molecule has 4 aromatic rings. The van der Waals surface area contributed by atoms with Gasteiger partial charge in [-0.3, -0.25) is 0 Å². The molecule has 0 N–H and O–H groups in total. The van der Waals surface area contributed by atoms with Crippen LogP contribution in [0.15, 0.2) is 72.8 Å². The van der Waals surface area contributed by atoms with Crippen molar-refractivity contribution in [2.24, 2.45) is 0 Å². The molecule has 0 spiro atoms. The van der Waals surface area contributed by atoms with Crippen LogP contribution in [0, 0.1) is 11.8 Å². The van der Waals surface area contributed by atoms with Crippen molar-refractivity contribution < 1.29 is 0 Å². The van der Waals surface area contributed by atoms with Crippen molar-refractivity contribution in [3.05, 3.63) is 83.9 Å². The third-order valence-electron chi connectivity index (χ3n) is 3.50. The average Bonchev–Trinajstić information content (AvgIpc) is 2.91. The van der Waals surface area contributed by atoms with E-state index in [1.165, 1.54) is 20.2 Å². The van der Waals surface area contributed by atoms with E-state index in [0.717, 1.165) is 11.1 Å². The predicted molar refractivity (Wildman–Crippen MR) is 91.8 cm³/mol. The second-order valence-electron chi connectivity index (χ2n) is 4.93. The van der Waals surface area contributed by atoms with Gasteiger partial charge in [-0.1, -0.05) is 54.3 Å². The highest BCUT2D eigenvalue weighted by molar-refractivity contribution is 7.25. The lowest BCUT2D eigenvalue weighted by atomic mass is 10.1. The van der Waals surface area contributed by atoms with E-state index in [4.69, 9.17) is 0 Å². The van der Waals surface area contributed by atoms with Crippen LogP contribution >= 0.6 is 11.3 Å². The zero-order valence-corrected chi connectivity index (χ0v) is 12.2. The Morgan fingerprint density at radius 3 is 2.19 bits per heavy atom. The monoisotopic (exact) mass is 284 g/mol. The molecule has 0 unspecified atom stereocenters. The Balaban J connectivity index is 1.81. The standard InChI is InChI=1S/C20H12S/c1-2-6-15(7-3-1)10-11-16-12-13-18-17-8-4-5-9-19(17)21-20(18)14-16/h1-9,12-14H. The van der Waals surface area contributed by atoms with E-state index in [9.17, 15) is 0 Å². The van der Waals surface area contributed by atoms with Crippen molar-refractivity contribution in [2.75, 3.05) is 0 Å². The van der Waals surface area contributed by atoms with Gasteiger partial charge in [-0.2, -0.15) is 0 Å². The largest absolute Gasteiger partial charge is 0.135 e. The number of rotatable bonds is 0. The van der Waals surface area contributed by atoms with Gasteiger partial charge >= 0.3 is 0 Å². The summed E-state index contributed by atoms with van der Waals surface area (Å²) in [5, 5.41) is 2.65. The summed E-state index contributed by atoms with van der Waals surface area (Å²) in [7, 11) is 0. The van der Waals surface area contributed by atoms with Crippen LogP contribution in [0.2, 0.25) is 0 Å². The third-order valence-corrected chi connectivity index (χ3v) is 4.64. The fourth-order valence-corrected chi connectivity index (χ4v) is 3.61.